The molecular weight excluding hydrogens is 340 g/mol. The highest BCUT2D eigenvalue weighted by Crippen LogP contribution is 2.25. The van der Waals surface area contributed by atoms with Crippen molar-refractivity contribution < 1.29 is 4.79 Å². The van der Waals surface area contributed by atoms with E-state index in [9.17, 15) is 9.59 Å². The largest absolute Gasteiger partial charge is 0.353 e. The third-order valence-corrected chi connectivity index (χ3v) is 5.84. The topological polar surface area (TPSA) is 78.1 Å². The molecule has 0 bridgehead atoms. The van der Waals surface area contributed by atoms with Gasteiger partial charge < -0.3 is 10.3 Å². The lowest BCUT2D eigenvalue weighted by Gasteiger charge is -2.35. The Morgan fingerprint density at radius 2 is 1.85 bits per heavy atom. The number of piperidine rings is 1. The molecule has 6 nitrogen and oxygen atoms in total. The Labute approximate surface area is 160 Å². The minimum atomic E-state index is -0.0978. The molecular formula is C21H30N4O2. The van der Waals surface area contributed by atoms with Gasteiger partial charge in [0, 0.05) is 12.0 Å². The van der Waals surface area contributed by atoms with Crippen LogP contribution in [0.1, 0.15) is 52.4 Å². The Hall–Kier alpha value is -2.21. The van der Waals surface area contributed by atoms with Crippen LogP contribution in [0.25, 0.3) is 10.9 Å². The van der Waals surface area contributed by atoms with E-state index in [-0.39, 0.29) is 29.5 Å². The van der Waals surface area contributed by atoms with Crippen molar-refractivity contribution in [2.75, 3.05) is 13.1 Å². The summed E-state index contributed by atoms with van der Waals surface area (Å²) in [5.41, 5.74) is 0.624. The zero-order valence-corrected chi connectivity index (χ0v) is 16.7. The maximum Gasteiger partial charge on any atom is 0.258 e. The second kappa shape index (κ2) is 8.21. The Morgan fingerprint density at radius 3 is 2.52 bits per heavy atom. The lowest BCUT2D eigenvalue weighted by atomic mass is 9.94. The maximum absolute atomic E-state index is 12.5. The first-order chi connectivity index (χ1) is 12.9. The molecule has 3 rings (SSSR count). The van der Waals surface area contributed by atoms with Crippen molar-refractivity contribution in [3.05, 3.63) is 40.4 Å². The van der Waals surface area contributed by atoms with Crippen LogP contribution in [-0.2, 0) is 4.79 Å². The van der Waals surface area contributed by atoms with E-state index >= 15 is 0 Å². The summed E-state index contributed by atoms with van der Waals surface area (Å²) < 4.78 is 0. The number of nitrogens with zero attached hydrogens (tertiary/aromatic N) is 2. The van der Waals surface area contributed by atoms with E-state index in [1.165, 1.54) is 0 Å². The van der Waals surface area contributed by atoms with E-state index in [1.807, 2.05) is 18.2 Å². The van der Waals surface area contributed by atoms with Crippen LogP contribution in [0.3, 0.4) is 0 Å². The van der Waals surface area contributed by atoms with Crippen LogP contribution < -0.4 is 10.9 Å². The number of carbonyl (C=O) groups is 1. The van der Waals surface area contributed by atoms with Gasteiger partial charge in [-0.1, -0.05) is 26.0 Å². The minimum Gasteiger partial charge on any atom is -0.353 e. The Bertz CT molecular complexity index is 853. The van der Waals surface area contributed by atoms with Gasteiger partial charge in [-0.3, -0.25) is 14.5 Å². The molecule has 1 aromatic carbocycles. The van der Waals surface area contributed by atoms with E-state index < -0.39 is 0 Å². The van der Waals surface area contributed by atoms with Gasteiger partial charge in [0.2, 0.25) is 5.91 Å². The summed E-state index contributed by atoms with van der Waals surface area (Å²) in [5, 5.41) is 3.75. The van der Waals surface area contributed by atoms with Gasteiger partial charge in [0.15, 0.2) is 0 Å². The third kappa shape index (κ3) is 4.38. The standard InChI is InChI=1S/C21H30N4O2/c1-13(2)14(3)22-20(26)16-9-11-25(12-10-16)15(4)19-23-18-8-6-5-7-17(18)21(27)24-19/h5-8,13-16H,9-12H2,1-4H3,(H,22,26)(H,23,24,27). The fourth-order valence-electron chi connectivity index (χ4n) is 3.53. The number of aromatic amines is 1. The number of likely N-dealkylation sites (tertiary alicyclic amines) is 1. The number of benzene rings is 1. The van der Waals surface area contributed by atoms with E-state index in [0.717, 1.165) is 31.4 Å². The fourth-order valence-corrected chi connectivity index (χ4v) is 3.53. The summed E-state index contributed by atoms with van der Waals surface area (Å²) in [7, 11) is 0. The van der Waals surface area contributed by atoms with Crippen LogP contribution in [0.2, 0.25) is 0 Å². The predicted molar refractivity (Wildman–Crippen MR) is 108 cm³/mol. The quantitative estimate of drug-likeness (QED) is 0.848. The molecule has 1 aromatic heterocycles. The summed E-state index contributed by atoms with van der Waals surface area (Å²) >= 11 is 0. The number of H-pyrrole nitrogens is 1. The van der Waals surface area contributed by atoms with Gasteiger partial charge in [-0.05, 0) is 57.8 Å². The fraction of sp³-hybridized carbons (Fsp3) is 0.571. The Balaban J connectivity index is 1.64. The van der Waals surface area contributed by atoms with Crippen LogP contribution in [-0.4, -0.2) is 39.9 Å². The molecule has 1 saturated heterocycles. The van der Waals surface area contributed by atoms with Crippen molar-refractivity contribution in [3.63, 3.8) is 0 Å². The van der Waals surface area contributed by atoms with Crippen molar-refractivity contribution in [3.8, 4) is 0 Å². The number of fused-ring (bicyclic) bond motifs is 1. The van der Waals surface area contributed by atoms with Crippen molar-refractivity contribution in [1.29, 1.82) is 0 Å². The Kier molecular flexibility index (Phi) is 5.95. The van der Waals surface area contributed by atoms with Gasteiger partial charge >= 0.3 is 0 Å². The minimum absolute atomic E-state index is 0.0147. The molecule has 2 atom stereocenters. The second-order valence-corrected chi connectivity index (χ2v) is 8.00. The van der Waals surface area contributed by atoms with E-state index in [1.54, 1.807) is 6.07 Å². The molecule has 1 aliphatic heterocycles. The molecule has 0 radical (unpaired) electrons. The van der Waals surface area contributed by atoms with Gasteiger partial charge in [-0.2, -0.15) is 0 Å². The summed E-state index contributed by atoms with van der Waals surface area (Å²) in [4.78, 5) is 34.7. The SMILES string of the molecule is CC(C)C(C)NC(=O)C1CCN(C(C)c2nc3ccccc3c(=O)[nH]2)CC1. The first kappa shape index (κ1) is 19.5. The van der Waals surface area contributed by atoms with Gasteiger partial charge in [-0.25, -0.2) is 4.98 Å². The van der Waals surface area contributed by atoms with Crippen LogP contribution in [0.4, 0.5) is 0 Å². The Morgan fingerprint density at radius 1 is 1.19 bits per heavy atom. The number of aromatic nitrogens is 2. The number of rotatable bonds is 5. The summed E-state index contributed by atoms with van der Waals surface area (Å²) in [6, 6.07) is 7.61. The van der Waals surface area contributed by atoms with Gasteiger partial charge in [0.1, 0.15) is 5.82 Å². The molecule has 2 unspecified atom stereocenters. The molecule has 1 fully saturated rings. The van der Waals surface area contributed by atoms with Gasteiger partial charge in [0.05, 0.1) is 16.9 Å². The number of para-hydroxylation sites is 1. The zero-order chi connectivity index (χ0) is 19.6. The number of hydrogen-bond donors (Lipinski definition) is 2. The lowest BCUT2D eigenvalue weighted by Crippen LogP contribution is -2.45. The molecule has 0 aliphatic carbocycles. The number of carbonyl (C=O) groups excluding carboxylic acids is 1. The summed E-state index contributed by atoms with van der Waals surface area (Å²) in [6.45, 7) is 10.0. The summed E-state index contributed by atoms with van der Waals surface area (Å²) in [6.07, 6.45) is 1.66. The van der Waals surface area contributed by atoms with Crippen LogP contribution in [0.15, 0.2) is 29.1 Å². The lowest BCUT2D eigenvalue weighted by molar-refractivity contribution is -0.127. The molecule has 146 valence electrons. The van der Waals surface area contributed by atoms with Crippen molar-refractivity contribution in [2.45, 2.75) is 52.6 Å². The number of amides is 1. The highest BCUT2D eigenvalue weighted by Gasteiger charge is 2.29. The number of nitrogens with one attached hydrogen (secondary N) is 2. The smallest absolute Gasteiger partial charge is 0.258 e. The number of hydrogen-bond acceptors (Lipinski definition) is 4. The molecule has 0 spiro atoms. The monoisotopic (exact) mass is 370 g/mol. The van der Waals surface area contributed by atoms with Crippen LogP contribution in [0.5, 0.6) is 0 Å². The average molecular weight is 370 g/mol. The first-order valence-corrected chi connectivity index (χ1v) is 9.90. The van der Waals surface area contributed by atoms with Crippen LogP contribution in [0, 0.1) is 11.8 Å². The predicted octanol–water partition coefficient (Wildman–Crippen LogP) is 2.86. The first-order valence-electron chi connectivity index (χ1n) is 9.90. The normalized spacial score (nSPS) is 18.6. The molecule has 1 aliphatic rings. The van der Waals surface area contributed by atoms with Crippen molar-refractivity contribution >= 4 is 16.8 Å². The molecule has 0 saturated carbocycles. The molecule has 2 N–H and O–H groups in total. The molecule has 1 amide bonds. The molecule has 2 aromatic rings. The average Bonchev–Trinajstić information content (AvgIpc) is 2.67. The maximum atomic E-state index is 12.5. The van der Waals surface area contributed by atoms with E-state index in [0.29, 0.717) is 17.1 Å². The van der Waals surface area contributed by atoms with E-state index in [2.05, 4.69) is 47.9 Å². The zero-order valence-electron chi connectivity index (χ0n) is 16.7. The molecule has 27 heavy (non-hydrogen) atoms. The van der Waals surface area contributed by atoms with Crippen molar-refractivity contribution in [2.24, 2.45) is 11.8 Å². The molecule has 6 heteroatoms. The highest BCUT2D eigenvalue weighted by atomic mass is 16.2. The summed E-state index contributed by atoms with van der Waals surface area (Å²) in [5.74, 6) is 1.36. The molecule has 2 heterocycles. The van der Waals surface area contributed by atoms with Crippen LogP contribution >= 0.6 is 0 Å². The van der Waals surface area contributed by atoms with E-state index in [4.69, 9.17) is 0 Å². The third-order valence-electron chi connectivity index (χ3n) is 5.84. The van der Waals surface area contributed by atoms with Crippen molar-refractivity contribution in [1.82, 2.24) is 20.2 Å². The van der Waals surface area contributed by atoms with Gasteiger partial charge in [-0.15, -0.1) is 0 Å². The van der Waals surface area contributed by atoms with Gasteiger partial charge in [0.25, 0.3) is 5.56 Å². The highest BCUT2D eigenvalue weighted by molar-refractivity contribution is 5.79. The second-order valence-electron chi connectivity index (χ2n) is 8.00.